The molecule has 0 bridgehead atoms. The fraction of sp³-hybridized carbons (Fsp3) is 0.733. The minimum absolute atomic E-state index is 0.440. The zero-order chi connectivity index (χ0) is 13.7. The van der Waals surface area contributed by atoms with Crippen LogP contribution in [0.15, 0.2) is 6.07 Å². The number of nitrogens with one attached hydrogen (secondary N) is 1. The third-order valence-electron chi connectivity index (χ3n) is 3.54. The van der Waals surface area contributed by atoms with Gasteiger partial charge in [-0.3, -0.25) is 0 Å². The lowest BCUT2D eigenvalue weighted by atomic mass is 10.1. The normalized spacial score (nSPS) is 16.4. The molecule has 19 heavy (non-hydrogen) atoms. The van der Waals surface area contributed by atoms with Crippen LogP contribution in [0.1, 0.15) is 70.5 Å². The highest BCUT2D eigenvalue weighted by Crippen LogP contribution is 2.38. The predicted octanol–water partition coefficient (Wildman–Crippen LogP) is 4.78. The van der Waals surface area contributed by atoms with Gasteiger partial charge in [0.2, 0.25) is 0 Å². The Kier molecular flexibility index (Phi) is 5.44. The van der Waals surface area contributed by atoms with Crippen LogP contribution in [0.25, 0.3) is 0 Å². The van der Waals surface area contributed by atoms with Crippen LogP contribution >= 0.6 is 11.6 Å². The average molecular weight is 282 g/mol. The molecule has 1 aromatic heterocycles. The summed E-state index contributed by atoms with van der Waals surface area (Å²) in [6, 6.07) is 2.27. The molecule has 0 aromatic carbocycles. The van der Waals surface area contributed by atoms with Crippen molar-refractivity contribution in [1.82, 2.24) is 9.97 Å². The quantitative estimate of drug-likeness (QED) is 0.550. The number of unbranched alkanes of at least 4 members (excludes halogenated alkanes) is 3. The molecule has 0 spiro atoms. The minimum atomic E-state index is 0.440. The van der Waals surface area contributed by atoms with E-state index in [0.717, 1.165) is 11.6 Å². The minimum Gasteiger partial charge on any atom is -0.367 e. The van der Waals surface area contributed by atoms with Crippen molar-refractivity contribution in [3.63, 3.8) is 0 Å². The molecular weight excluding hydrogens is 258 g/mol. The van der Waals surface area contributed by atoms with Gasteiger partial charge in [0.15, 0.2) is 0 Å². The van der Waals surface area contributed by atoms with Crippen molar-refractivity contribution in [2.45, 2.75) is 70.8 Å². The van der Waals surface area contributed by atoms with Crippen LogP contribution in [-0.2, 0) is 0 Å². The summed E-state index contributed by atoms with van der Waals surface area (Å²) in [6.07, 6.45) is 8.79. The van der Waals surface area contributed by atoms with E-state index in [-0.39, 0.29) is 0 Å². The third-order valence-corrected chi connectivity index (χ3v) is 3.73. The van der Waals surface area contributed by atoms with Gasteiger partial charge in [-0.05, 0) is 26.2 Å². The van der Waals surface area contributed by atoms with Crippen LogP contribution < -0.4 is 5.32 Å². The first-order chi connectivity index (χ1) is 9.19. The summed E-state index contributed by atoms with van der Waals surface area (Å²) < 4.78 is 0. The zero-order valence-corrected chi connectivity index (χ0v) is 12.7. The molecule has 1 atom stereocenters. The van der Waals surface area contributed by atoms with Crippen LogP contribution in [0, 0.1) is 0 Å². The van der Waals surface area contributed by atoms with Gasteiger partial charge in [0.25, 0.3) is 0 Å². The maximum atomic E-state index is 6.06. The molecule has 1 aliphatic rings. The Morgan fingerprint density at radius 2 is 2.11 bits per heavy atom. The lowest BCUT2D eigenvalue weighted by Crippen LogP contribution is -2.16. The summed E-state index contributed by atoms with van der Waals surface area (Å²) in [5, 5.41) is 4.00. The van der Waals surface area contributed by atoms with Gasteiger partial charge in [-0.15, -0.1) is 0 Å². The molecule has 0 saturated heterocycles. The second-order valence-electron chi connectivity index (χ2n) is 5.60. The molecule has 1 heterocycles. The Hall–Kier alpha value is -0.830. The molecule has 4 heteroatoms. The van der Waals surface area contributed by atoms with Crippen molar-refractivity contribution in [2.24, 2.45) is 0 Å². The number of halogens is 1. The molecule has 3 nitrogen and oxygen atoms in total. The van der Waals surface area contributed by atoms with Gasteiger partial charge < -0.3 is 5.32 Å². The van der Waals surface area contributed by atoms with Crippen molar-refractivity contribution < 1.29 is 0 Å². The number of anilines is 1. The summed E-state index contributed by atoms with van der Waals surface area (Å²) >= 11 is 6.06. The first kappa shape index (κ1) is 14.6. The highest BCUT2D eigenvalue weighted by molar-refractivity contribution is 6.29. The number of hydrogen-bond acceptors (Lipinski definition) is 3. The van der Waals surface area contributed by atoms with E-state index in [1.54, 1.807) is 0 Å². The van der Waals surface area contributed by atoms with E-state index in [1.165, 1.54) is 44.9 Å². The van der Waals surface area contributed by atoms with E-state index < -0.39 is 0 Å². The molecular formula is C15H24ClN3. The zero-order valence-electron chi connectivity index (χ0n) is 12.0. The first-order valence-corrected chi connectivity index (χ1v) is 7.88. The van der Waals surface area contributed by atoms with Gasteiger partial charge in [0.05, 0.1) is 0 Å². The molecule has 106 valence electrons. The summed E-state index contributed by atoms with van der Waals surface area (Å²) in [7, 11) is 0. The van der Waals surface area contributed by atoms with Crippen LogP contribution in [0.4, 0.5) is 5.82 Å². The molecule has 1 aliphatic carbocycles. The van der Waals surface area contributed by atoms with Crippen molar-refractivity contribution in [2.75, 3.05) is 5.32 Å². The van der Waals surface area contributed by atoms with Crippen LogP contribution in [0.5, 0.6) is 0 Å². The van der Waals surface area contributed by atoms with Gasteiger partial charge in [-0.2, -0.15) is 0 Å². The molecule has 1 fully saturated rings. The fourth-order valence-corrected chi connectivity index (χ4v) is 2.43. The average Bonchev–Trinajstić information content (AvgIpc) is 3.18. The molecule has 1 saturated carbocycles. The number of nitrogens with zero attached hydrogens (tertiary/aromatic N) is 2. The summed E-state index contributed by atoms with van der Waals surface area (Å²) in [6.45, 7) is 4.45. The van der Waals surface area contributed by atoms with Crippen LogP contribution in [0.3, 0.4) is 0 Å². The monoisotopic (exact) mass is 281 g/mol. The van der Waals surface area contributed by atoms with Gasteiger partial charge in [-0.25, -0.2) is 9.97 Å². The van der Waals surface area contributed by atoms with Crippen molar-refractivity contribution in [3.8, 4) is 0 Å². The van der Waals surface area contributed by atoms with E-state index in [4.69, 9.17) is 11.6 Å². The Balaban J connectivity index is 1.83. The molecule has 1 N–H and O–H groups in total. The first-order valence-electron chi connectivity index (χ1n) is 7.50. The third kappa shape index (κ3) is 4.98. The van der Waals surface area contributed by atoms with Crippen molar-refractivity contribution >= 4 is 17.4 Å². The van der Waals surface area contributed by atoms with E-state index in [1.807, 2.05) is 6.07 Å². The topological polar surface area (TPSA) is 37.8 Å². The SMILES string of the molecule is CCCCCCC(C)Nc1cc(Cl)nc(C2CC2)n1. The lowest BCUT2D eigenvalue weighted by molar-refractivity contribution is 0.592. The standard InChI is InChI=1S/C15H24ClN3/c1-3-4-5-6-7-11(2)17-14-10-13(16)18-15(19-14)12-8-9-12/h10-12H,3-9H2,1-2H3,(H,17,18,19). The number of hydrogen-bond donors (Lipinski definition) is 1. The van der Waals surface area contributed by atoms with Crippen LogP contribution in [-0.4, -0.2) is 16.0 Å². The molecule has 0 radical (unpaired) electrons. The van der Waals surface area contributed by atoms with Gasteiger partial charge in [-0.1, -0.05) is 44.2 Å². The maximum absolute atomic E-state index is 6.06. The Bertz CT molecular complexity index is 404. The predicted molar refractivity (Wildman–Crippen MR) is 80.9 cm³/mol. The highest BCUT2D eigenvalue weighted by atomic mass is 35.5. The maximum Gasteiger partial charge on any atom is 0.135 e. The van der Waals surface area contributed by atoms with E-state index in [0.29, 0.717) is 17.1 Å². The van der Waals surface area contributed by atoms with Crippen molar-refractivity contribution in [1.29, 1.82) is 0 Å². The Morgan fingerprint density at radius 1 is 1.32 bits per heavy atom. The summed E-state index contributed by atoms with van der Waals surface area (Å²) in [5.74, 6) is 2.33. The van der Waals surface area contributed by atoms with Crippen molar-refractivity contribution in [3.05, 3.63) is 17.0 Å². The second-order valence-corrected chi connectivity index (χ2v) is 5.99. The Labute approximate surface area is 121 Å². The summed E-state index contributed by atoms with van der Waals surface area (Å²) in [5.41, 5.74) is 0. The fourth-order valence-electron chi connectivity index (χ4n) is 2.24. The van der Waals surface area contributed by atoms with Gasteiger partial charge >= 0.3 is 0 Å². The number of rotatable bonds is 8. The molecule has 0 amide bonds. The van der Waals surface area contributed by atoms with E-state index in [2.05, 4.69) is 29.1 Å². The van der Waals surface area contributed by atoms with Crippen LogP contribution in [0.2, 0.25) is 5.15 Å². The molecule has 1 unspecified atom stereocenters. The van der Waals surface area contributed by atoms with Gasteiger partial charge in [0, 0.05) is 18.0 Å². The number of aromatic nitrogens is 2. The smallest absolute Gasteiger partial charge is 0.135 e. The van der Waals surface area contributed by atoms with Gasteiger partial charge in [0.1, 0.15) is 16.8 Å². The Morgan fingerprint density at radius 3 is 2.79 bits per heavy atom. The lowest BCUT2D eigenvalue weighted by Gasteiger charge is -2.15. The highest BCUT2D eigenvalue weighted by Gasteiger charge is 2.27. The molecule has 1 aromatic rings. The van der Waals surface area contributed by atoms with E-state index in [9.17, 15) is 0 Å². The molecule has 2 rings (SSSR count). The second kappa shape index (κ2) is 7.09. The van der Waals surface area contributed by atoms with E-state index >= 15 is 0 Å². The molecule has 0 aliphatic heterocycles. The summed E-state index contributed by atoms with van der Waals surface area (Å²) in [4.78, 5) is 8.88. The largest absolute Gasteiger partial charge is 0.367 e.